The molecule has 1 heterocycles. The van der Waals surface area contributed by atoms with E-state index in [9.17, 15) is 9.90 Å². The van der Waals surface area contributed by atoms with Crippen LogP contribution in [0.2, 0.25) is 0 Å². The molecule has 0 saturated heterocycles. The summed E-state index contributed by atoms with van der Waals surface area (Å²) in [6.07, 6.45) is 4.80. The molecular weight excluding hydrogens is 294 g/mol. The Kier molecular flexibility index (Phi) is 5.40. The number of aliphatic carboxylic acids is 1. The Morgan fingerprint density at radius 3 is 2.85 bits per heavy atom. The third-order valence-corrected chi connectivity index (χ3v) is 5.39. The van der Waals surface area contributed by atoms with Gasteiger partial charge in [0.1, 0.15) is 11.4 Å². The standard InChI is InChI=1S/C13H21N3O2S2/c1-9-14-12(20-16-9)19-8-4-3-7-13(2,11(17)18)15-10-5-6-10/h10,15H,3-8H2,1-2H3,(H,17,18). The van der Waals surface area contributed by atoms with Crippen LogP contribution < -0.4 is 5.32 Å². The van der Waals surface area contributed by atoms with Crippen LogP contribution in [0.25, 0.3) is 0 Å². The van der Waals surface area contributed by atoms with E-state index >= 15 is 0 Å². The fourth-order valence-electron chi connectivity index (χ4n) is 2.00. The minimum atomic E-state index is -0.773. The fourth-order valence-corrected chi connectivity index (χ4v) is 3.71. The summed E-state index contributed by atoms with van der Waals surface area (Å²) in [4.78, 5) is 15.7. The molecule has 1 saturated carbocycles. The zero-order valence-corrected chi connectivity index (χ0v) is 13.5. The van der Waals surface area contributed by atoms with Gasteiger partial charge in [0.2, 0.25) is 0 Å². The normalized spacial score (nSPS) is 17.9. The van der Waals surface area contributed by atoms with Gasteiger partial charge in [0.05, 0.1) is 0 Å². The zero-order valence-electron chi connectivity index (χ0n) is 11.9. The fraction of sp³-hybridized carbons (Fsp3) is 0.769. The van der Waals surface area contributed by atoms with E-state index < -0.39 is 11.5 Å². The summed E-state index contributed by atoms with van der Waals surface area (Å²) in [5, 5.41) is 12.6. The van der Waals surface area contributed by atoms with E-state index in [0.717, 1.165) is 41.6 Å². The Morgan fingerprint density at radius 2 is 2.30 bits per heavy atom. The molecule has 2 N–H and O–H groups in total. The van der Waals surface area contributed by atoms with Crippen LogP contribution in [0.1, 0.15) is 44.9 Å². The number of carboxylic acids is 1. The van der Waals surface area contributed by atoms with Crippen LogP contribution in [0.15, 0.2) is 4.34 Å². The van der Waals surface area contributed by atoms with Crippen molar-refractivity contribution in [2.24, 2.45) is 0 Å². The third kappa shape index (κ3) is 4.71. The van der Waals surface area contributed by atoms with Gasteiger partial charge in [-0.1, -0.05) is 18.2 Å². The number of hydrogen-bond donors (Lipinski definition) is 2. The number of thioether (sulfide) groups is 1. The molecule has 1 fully saturated rings. The predicted octanol–water partition coefficient (Wildman–Crippen LogP) is 2.70. The molecule has 1 atom stereocenters. The lowest BCUT2D eigenvalue weighted by Crippen LogP contribution is -2.50. The summed E-state index contributed by atoms with van der Waals surface area (Å²) >= 11 is 3.13. The molecule has 112 valence electrons. The Labute approximate surface area is 127 Å². The average Bonchev–Trinajstić information content (AvgIpc) is 3.09. The van der Waals surface area contributed by atoms with Crippen molar-refractivity contribution in [3.05, 3.63) is 5.82 Å². The van der Waals surface area contributed by atoms with Crippen molar-refractivity contribution in [1.29, 1.82) is 0 Å². The van der Waals surface area contributed by atoms with Gasteiger partial charge in [-0.15, -0.1) is 0 Å². The Balaban J connectivity index is 1.66. The number of nitrogens with one attached hydrogen (secondary N) is 1. The van der Waals surface area contributed by atoms with Crippen molar-refractivity contribution in [3.63, 3.8) is 0 Å². The van der Waals surface area contributed by atoms with Gasteiger partial charge >= 0.3 is 5.97 Å². The Hall–Kier alpha value is -0.660. The smallest absolute Gasteiger partial charge is 0.323 e. The van der Waals surface area contributed by atoms with Crippen LogP contribution in [0, 0.1) is 6.92 Å². The largest absolute Gasteiger partial charge is 0.480 e. The van der Waals surface area contributed by atoms with E-state index in [1.807, 2.05) is 6.92 Å². The first-order valence-corrected chi connectivity index (χ1v) is 8.70. The first-order valence-electron chi connectivity index (χ1n) is 6.94. The monoisotopic (exact) mass is 315 g/mol. The maximum atomic E-state index is 11.4. The number of nitrogens with zero attached hydrogens (tertiary/aromatic N) is 2. The van der Waals surface area contributed by atoms with Crippen molar-refractivity contribution >= 4 is 29.3 Å². The van der Waals surface area contributed by atoms with Crippen molar-refractivity contribution in [2.75, 3.05) is 5.75 Å². The molecule has 1 aromatic heterocycles. The molecule has 1 aliphatic rings. The number of aromatic nitrogens is 2. The summed E-state index contributed by atoms with van der Waals surface area (Å²) < 4.78 is 5.14. The minimum Gasteiger partial charge on any atom is -0.480 e. The van der Waals surface area contributed by atoms with Crippen LogP contribution in [0.3, 0.4) is 0 Å². The molecule has 0 amide bonds. The van der Waals surface area contributed by atoms with Gasteiger partial charge in [0.25, 0.3) is 0 Å². The van der Waals surface area contributed by atoms with Gasteiger partial charge in [-0.05, 0) is 51.1 Å². The van der Waals surface area contributed by atoms with Gasteiger partial charge < -0.3 is 5.11 Å². The quantitative estimate of drug-likeness (QED) is 0.539. The van der Waals surface area contributed by atoms with Gasteiger partial charge in [0.15, 0.2) is 4.34 Å². The highest BCUT2D eigenvalue weighted by atomic mass is 32.2. The molecule has 0 spiro atoms. The molecule has 1 aromatic rings. The van der Waals surface area contributed by atoms with E-state index in [-0.39, 0.29) is 0 Å². The molecular formula is C13H21N3O2S2. The summed E-state index contributed by atoms with van der Waals surface area (Å²) in [5.74, 6) is 1.05. The van der Waals surface area contributed by atoms with Crippen LogP contribution >= 0.6 is 23.3 Å². The van der Waals surface area contributed by atoms with Crippen LogP contribution in [-0.2, 0) is 4.79 Å². The van der Waals surface area contributed by atoms with Crippen LogP contribution in [0.5, 0.6) is 0 Å². The van der Waals surface area contributed by atoms with Crippen molar-refractivity contribution in [3.8, 4) is 0 Å². The molecule has 0 radical (unpaired) electrons. The first kappa shape index (κ1) is 15.7. The molecule has 1 unspecified atom stereocenters. The summed E-state index contributed by atoms with van der Waals surface area (Å²) in [7, 11) is 0. The lowest BCUT2D eigenvalue weighted by atomic mass is 9.95. The average molecular weight is 315 g/mol. The highest BCUT2D eigenvalue weighted by Gasteiger charge is 2.37. The first-order chi connectivity index (χ1) is 9.49. The molecule has 5 nitrogen and oxygen atoms in total. The lowest BCUT2D eigenvalue weighted by molar-refractivity contribution is -0.144. The maximum Gasteiger partial charge on any atom is 0.323 e. The number of carbonyl (C=O) groups is 1. The highest BCUT2D eigenvalue weighted by Crippen LogP contribution is 2.26. The number of carboxylic acid groups (broad SMARTS) is 1. The summed E-state index contributed by atoms with van der Waals surface area (Å²) in [6.45, 7) is 3.69. The van der Waals surface area contributed by atoms with Crippen LogP contribution in [-0.4, -0.2) is 37.8 Å². The summed E-state index contributed by atoms with van der Waals surface area (Å²) in [6, 6.07) is 0.412. The van der Waals surface area contributed by atoms with E-state index in [1.165, 1.54) is 11.5 Å². The number of aryl methyl sites for hydroxylation is 1. The van der Waals surface area contributed by atoms with E-state index in [4.69, 9.17) is 0 Å². The van der Waals surface area contributed by atoms with Gasteiger partial charge in [0, 0.05) is 11.8 Å². The molecule has 0 bridgehead atoms. The van der Waals surface area contributed by atoms with Crippen molar-refractivity contribution in [1.82, 2.24) is 14.7 Å². The van der Waals surface area contributed by atoms with Crippen molar-refractivity contribution in [2.45, 2.75) is 61.9 Å². The van der Waals surface area contributed by atoms with E-state index in [1.54, 1.807) is 18.7 Å². The highest BCUT2D eigenvalue weighted by molar-refractivity contribution is 8.00. The van der Waals surface area contributed by atoms with Crippen LogP contribution in [0.4, 0.5) is 0 Å². The molecule has 1 aliphatic carbocycles. The second-order valence-corrected chi connectivity index (χ2v) is 7.56. The van der Waals surface area contributed by atoms with E-state index in [0.29, 0.717) is 12.5 Å². The SMILES string of the molecule is Cc1nsc(SCCCCC(C)(NC2CC2)C(=O)O)n1. The Bertz CT molecular complexity index is 462. The second-order valence-electron chi connectivity index (χ2n) is 5.47. The minimum absolute atomic E-state index is 0.412. The molecule has 20 heavy (non-hydrogen) atoms. The van der Waals surface area contributed by atoms with Crippen molar-refractivity contribution < 1.29 is 9.90 Å². The number of hydrogen-bond acceptors (Lipinski definition) is 6. The molecule has 2 rings (SSSR count). The van der Waals surface area contributed by atoms with Gasteiger partial charge in [-0.25, -0.2) is 4.98 Å². The molecule has 7 heteroatoms. The predicted molar refractivity (Wildman–Crippen MR) is 81.4 cm³/mol. The molecule has 0 aliphatic heterocycles. The summed E-state index contributed by atoms with van der Waals surface area (Å²) in [5.41, 5.74) is -0.773. The lowest BCUT2D eigenvalue weighted by Gasteiger charge is -2.26. The van der Waals surface area contributed by atoms with Gasteiger partial charge in [-0.3, -0.25) is 10.1 Å². The second kappa shape index (κ2) is 6.87. The van der Waals surface area contributed by atoms with Gasteiger partial charge in [-0.2, -0.15) is 4.37 Å². The Morgan fingerprint density at radius 1 is 1.55 bits per heavy atom. The maximum absolute atomic E-state index is 11.4. The third-order valence-electron chi connectivity index (χ3n) is 3.38. The topological polar surface area (TPSA) is 75.1 Å². The van der Waals surface area contributed by atoms with E-state index in [2.05, 4.69) is 14.7 Å². The zero-order chi connectivity index (χ0) is 14.6. The number of unbranched alkanes of at least 4 members (excludes halogenated alkanes) is 1. The number of rotatable bonds is 9. The molecule has 0 aromatic carbocycles.